The standard InChI is InChI=1S/C15H23NO/c1-12(17)13-6-10-15-8-3-4-11-16(15)14(13,2)7-5-9-15/h4,11,13H,3,5-10H2,1-2H3. The fraction of sp³-hybridized carbons (Fsp3) is 0.800. The van der Waals surface area contributed by atoms with Gasteiger partial charge >= 0.3 is 0 Å². The normalized spacial score (nSPS) is 44.4. The minimum atomic E-state index is 0.0965. The van der Waals surface area contributed by atoms with Gasteiger partial charge in [-0.2, -0.15) is 0 Å². The lowest BCUT2D eigenvalue weighted by Crippen LogP contribution is -2.67. The van der Waals surface area contributed by atoms with Gasteiger partial charge in [0.1, 0.15) is 5.78 Å². The molecule has 0 saturated carbocycles. The number of nitrogens with zero attached hydrogens (tertiary/aromatic N) is 1. The SMILES string of the molecule is CC(=O)C1CCC23CCC=CN2C1(C)CCC3. The highest BCUT2D eigenvalue weighted by Gasteiger charge is 2.56. The van der Waals surface area contributed by atoms with Crippen molar-refractivity contribution in [3.63, 3.8) is 0 Å². The monoisotopic (exact) mass is 233 g/mol. The first-order valence-corrected chi connectivity index (χ1v) is 7.05. The van der Waals surface area contributed by atoms with Gasteiger partial charge in [0.2, 0.25) is 0 Å². The number of allylic oxidation sites excluding steroid dienone is 1. The lowest BCUT2D eigenvalue weighted by molar-refractivity contribution is -0.141. The van der Waals surface area contributed by atoms with Gasteiger partial charge in [-0.3, -0.25) is 4.79 Å². The van der Waals surface area contributed by atoms with Crippen LogP contribution >= 0.6 is 0 Å². The quantitative estimate of drug-likeness (QED) is 0.692. The Labute approximate surface area is 104 Å². The number of Topliss-reactive ketones (excluding diaryl/α,β-unsaturated/α-hetero) is 1. The van der Waals surface area contributed by atoms with Crippen molar-refractivity contribution in [2.45, 2.75) is 69.9 Å². The molecule has 17 heavy (non-hydrogen) atoms. The molecular weight excluding hydrogens is 210 g/mol. The fourth-order valence-electron chi connectivity index (χ4n) is 4.74. The Bertz CT molecular complexity index is 375. The van der Waals surface area contributed by atoms with Crippen LogP contribution in [0.4, 0.5) is 0 Å². The summed E-state index contributed by atoms with van der Waals surface area (Å²) in [6.07, 6.45) is 13.3. The molecule has 3 rings (SSSR count). The van der Waals surface area contributed by atoms with Crippen LogP contribution in [-0.4, -0.2) is 21.8 Å². The zero-order chi connectivity index (χ0) is 12.1. The van der Waals surface area contributed by atoms with Crippen molar-refractivity contribution in [2.75, 3.05) is 0 Å². The fourth-order valence-corrected chi connectivity index (χ4v) is 4.74. The van der Waals surface area contributed by atoms with Crippen LogP contribution in [0.5, 0.6) is 0 Å². The summed E-state index contributed by atoms with van der Waals surface area (Å²) >= 11 is 0. The molecule has 3 atom stereocenters. The molecule has 3 unspecified atom stereocenters. The van der Waals surface area contributed by atoms with Crippen LogP contribution in [-0.2, 0) is 4.79 Å². The Morgan fingerprint density at radius 3 is 2.88 bits per heavy atom. The van der Waals surface area contributed by atoms with Gasteiger partial charge < -0.3 is 4.90 Å². The maximum atomic E-state index is 11.9. The molecule has 3 heterocycles. The van der Waals surface area contributed by atoms with Crippen LogP contribution in [0.25, 0.3) is 0 Å². The molecule has 2 heteroatoms. The topological polar surface area (TPSA) is 20.3 Å². The van der Waals surface area contributed by atoms with Gasteiger partial charge in [-0.05, 0) is 65.0 Å². The first kappa shape index (κ1) is 11.3. The number of rotatable bonds is 1. The average molecular weight is 233 g/mol. The maximum Gasteiger partial charge on any atom is 0.135 e. The van der Waals surface area contributed by atoms with Crippen LogP contribution < -0.4 is 0 Å². The lowest BCUT2D eigenvalue weighted by Gasteiger charge is -2.64. The van der Waals surface area contributed by atoms with Gasteiger partial charge in [0.25, 0.3) is 0 Å². The van der Waals surface area contributed by atoms with Crippen molar-refractivity contribution in [3.05, 3.63) is 12.3 Å². The third kappa shape index (κ3) is 1.42. The minimum absolute atomic E-state index is 0.0965. The van der Waals surface area contributed by atoms with Crippen molar-refractivity contribution >= 4 is 5.78 Å². The van der Waals surface area contributed by atoms with Gasteiger partial charge in [0.05, 0.1) is 0 Å². The third-order valence-electron chi connectivity index (χ3n) is 5.56. The number of hydrogen-bond acceptors (Lipinski definition) is 2. The largest absolute Gasteiger partial charge is 0.366 e. The van der Waals surface area contributed by atoms with Crippen LogP contribution in [0.1, 0.15) is 58.8 Å². The third-order valence-corrected chi connectivity index (χ3v) is 5.56. The van der Waals surface area contributed by atoms with Gasteiger partial charge in [-0.1, -0.05) is 6.08 Å². The van der Waals surface area contributed by atoms with Crippen LogP contribution in [0.15, 0.2) is 12.3 Å². The molecule has 3 aliphatic heterocycles. The summed E-state index contributed by atoms with van der Waals surface area (Å²) in [7, 11) is 0. The van der Waals surface area contributed by atoms with E-state index >= 15 is 0 Å². The second-order valence-corrected chi connectivity index (χ2v) is 6.43. The maximum absolute atomic E-state index is 11.9. The predicted octanol–water partition coefficient (Wildman–Crippen LogP) is 3.28. The number of hydrogen-bond donors (Lipinski definition) is 0. The molecule has 0 amide bonds. The molecular formula is C15H23NO. The molecule has 0 radical (unpaired) electrons. The Morgan fingerprint density at radius 2 is 2.12 bits per heavy atom. The van der Waals surface area contributed by atoms with Gasteiger partial charge in [-0.15, -0.1) is 0 Å². The van der Waals surface area contributed by atoms with E-state index in [1.165, 1.54) is 38.5 Å². The number of ketones is 1. The number of carbonyl (C=O) groups excluding carboxylic acids is 1. The van der Waals surface area contributed by atoms with E-state index in [-0.39, 0.29) is 11.5 Å². The van der Waals surface area contributed by atoms with Crippen LogP contribution in [0.3, 0.4) is 0 Å². The summed E-state index contributed by atoms with van der Waals surface area (Å²) in [6, 6.07) is 0. The Morgan fingerprint density at radius 1 is 1.29 bits per heavy atom. The van der Waals surface area contributed by atoms with Gasteiger partial charge in [0, 0.05) is 17.0 Å². The molecule has 0 aromatic heterocycles. The first-order valence-electron chi connectivity index (χ1n) is 7.05. The Hall–Kier alpha value is -0.790. The van der Waals surface area contributed by atoms with E-state index in [0.717, 1.165) is 6.42 Å². The average Bonchev–Trinajstić information content (AvgIpc) is 2.28. The molecule has 2 fully saturated rings. The Balaban J connectivity index is 2.04. The van der Waals surface area contributed by atoms with E-state index in [9.17, 15) is 4.79 Å². The molecule has 0 aromatic carbocycles. The molecule has 3 aliphatic rings. The number of piperidine rings is 2. The van der Waals surface area contributed by atoms with Crippen molar-refractivity contribution in [1.29, 1.82) is 0 Å². The molecule has 2 nitrogen and oxygen atoms in total. The van der Waals surface area contributed by atoms with E-state index in [0.29, 0.717) is 11.3 Å². The highest BCUT2D eigenvalue weighted by Crippen LogP contribution is 2.54. The van der Waals surface area contributed by atoms with Crippen LogP contribution in [0, 0.1) is 5.92 Å². The summed E-state index contributed by atoms with van der Waals surface area (Å²) in [5.74, 6) is 0.639. The zero-order valence-electron chi connectivity index (χ0n) is 11.0. The summed E-state index contributed by atoms with van der Waals surface area (Å²) in [5, 5.41) is 0. The minimum Gasteiger partial charge on any atom is -0.366 e. The van der Waals surface area contributed by atoms with E-state index < -0.39 is 0 Å². The lowest BCUT2D eigenvalue weighted by atomic mass is 9.60. The molecule has 2 bridgehead atoms. The van der Waals surface area contributed by atoms with Crippen LogP contribution in [0.2, 0.25) is 0 Å². The van der Waals surface area contributed by atoms with Crippen molar-refractivity contribution in [2.24, 2.45) is 5.92 Å². The molecule has 0 N–H and O–H groups in total. The first-order chi connectivity index (χ1) is 8.08. The van der Waals surface area contributed by atoms with E-state index in [2.05, 4.69) is 24.1 Å². The zero-order valence-corrected chi connectivity index (χ0v) is 11.0. The van der Waals surface area contributed by atoms with Crippen molar-refractivity contribution in [3.8, 4) is 0 Å². The molecule has 0 aliphatic carbocycles. The molecule has 0 aromatic rings. The smallest absolute Gasteiger partial charge is 0.135 e. The summed E-state index contributed by atoms with van der Waals surface area (Å²) < 4.78 is 0. The summed E-state index contributed by atoms with van der Waals surface area (Å²) in [5.41, 5.74) is 0.493. The molecule has 2 saturated heterocycles. The van der Waals surface area contributed by atoms with E-state index in [1.54, 1.807) is 6.92 Å². The Kier molecular flexibility index (Phi) is 2.39. The summed E-state index contributed by atoms with van der Waals surface area (Å²) in [4.78, 5) is 14.5. The molecule has 0 spiro atoms. The second kappa shape index (κ2) is 3.60. The van der Waals surface area contributed by atoms with Crippen molar-refractivity contribution < 1.29 is 4.79 Å². The van der Waals surface area contributed by atoms with Gasteiger partial charge in [0.15, 0.2) is 0 Å². The summed E-state index contributed by atoms with van der Waals surface area (Å²) in [6.45, 7) is 4.10. The van der Waals surface area contributed by atoms with E-state index in [4.69, 9.17) is 0 Å². The highest BCUT2D eigenvalue weighted by molar-refractivity contribution is 5.80. The molecule has 94 valence electrons. The number of carbonyl (C=O) groups is 1. The predicted molar refractivity (Wildman–Crippen MR) is 68.6 cm³/mol. The van der Waals surface area contributed by atoms with Crippen molar-refractivity contribution in [1.82, 2.24) is 4.90 Å². The highest BCUT2D eigenvalue weighted by atomic mass is 16.1. The second-order valence-electron chi connectivity index (χ2n) is 6.43. The van der Waals surface area contributed by atoms with E-state index in [1.807, 2.05) is 0 Å². The van der Waals surface area contributed by atoms with Gasteiger partial charge in [-0.25, -0.2) is 0 Å².